The van der Waals surface area contributed by atoms with E-state index in [-0.39, 0.29) is 0 Å². The lowest BCUT2D eigenvalue weighted by atomic mass is 10.1. The van der Waals surface area contributed by atoms with Crippen molar-refractivity contribution in [3.05, 3.63) is 59.2 Å². The molecule has 0 radical (unpaired) electrons. The zero-order valence-corrected chi connectivity index (χ0v) is 16.2. The van der Waals surface area contributed by atoms with Gasteiger partial charge in [-0.25, -0.2) is 9.78 Å². The third kappa shape index (κ3) is 4.43. The van der Waals surface area contributed by atoms with Crippen LogP contribution in [0.3, 0.4) is 0 Å². The first-order valence-electron chi connectivity index (χ1n) is 8.66. The number of amides is 1. The molecule has 0 unspecified atom stereocenters. The molecule has 0 fully saturated rings. The summed E-state index contributed by atoms with van der Waals surface area (Å²) in [6.45, 7) is 3.64. The summed E-state index contributed by atoms with van der Waals surface area (Å²) in [5.41, 5.74) is 3.44. The molecule has 0 aliphatic carbocycles. The van der Waals surface area contributed by atoms with E-state index < -0.39 is 18.0 Å². The molecule has 7 heteroatoms. The first kappa shape index (κ1) is 18.8. The van der Waals surface area contributed by atoms with Gasteiger partial charge in [-0.05, 0) is 31.0 Å². The summed E-state index contributed by atoms with van der Waals surface area (Å²) in [7, 11) is 1.74. The Hall–Kier alpha value is -2.93. The quantitative estimate of drug-likeness (QED) is 0.655. The van der Waals surface area contributed by atoms with Crippen molar-refractivity contribution in [2.75, 3.05) is 5.32 Å². The van der Waals surface area contributed by atoms with Crippen molar-refractivity contribution < 1.29 is 14.3 Å². The number of carbonyl (C=O) groups excluding carboxylic acids is 2. The SMILES string of the molecule is CCc1ccc(-c2csc(NC(=O)[C@H](C)OC(=O)c3cccn3C)n2)cc1. The van der Waals surface area contributed by atoms with Gasteiger partial charge in [0, 0.05) is 24.2 Å². The maximum atomic E-state index is 12.3. The van der Waals surface area contributed by atoms with Crippen LogP contribution in [-0.2, 0) is 23.0 Å². The Morgan fingerprint density at radius 3 is 2.63 bits per heavy atom. The number of hydrogen-bond acceptors (Lipinski definition) is 5. The molecule has 0 saturated carbocycles. The van der Waals surface area contributed by atoms with Crippen LogP contribution in [0.4, 0.5) is 5.13 Å². The summed E-state index contributed by atoms with van der Waals surface area (Å²) < 4.78 is 6.87. The molecule has 0 aliphatic heterocycles. The van der Waals surface area contributed by atoms with Gasteiger partial charge >= 0.3 is 5.97 Å². The third-order valence-corrected chi connectivity index (χ3v) is 4.96. The minimum Gasteiger partial charge on any atom is -0.448 e. The summed E-state index contributed by atoms with van der Waals surface area (Å²) >= 11 is 1.33. The fourth-order valence-electron chi connectivity index (χ4n) is 2.53. The van der Waals surface area contributed by atoms with Crippen molar-refractivity contribution >= 4 is 28.3 Å². The number of ether oxygens (including phenoxy) is 1. The van der Waals surface area contributed by atoms with Gasteiger partial charge in [-0.2, -0.15) is 0 Å². The Bertz CT molecular complexity index is 944. The lowest BCUT2D eigenvalue weighted by molar-refractivity contribution is -0.123. The second-order valence-electron chi connectivity index (χ2n) is 6.13. The predicted octanol–water partition coefficient (Wildman–Crippen LogP) is 3.90. The van der Waals surface area contributed by atoms with Gasteiger partial charge in [0.1, 0.15) is 5.69 Å². The minimum atomic E-state index is -0.927. The van der Waals surface area contributed by atoms with Gasteiger partial charge in [0.15, 0.2) is 11.2 Å². The van der Waals surface area contributed by atoms with Crippen LogP contribution in [-0.4, -0.2) is 27.5 Å². The van der Waals surface area contributed by atoms with Gasteiger partial charge in [0.2, 0.25) is 0 Å². The minimum absolute atomic E-state index is 0.390. The number of esters is 1. The first-order chi connectivity index (χ1) is 13.0. The van der Waals surface area contributed by atoms with Gasteiger partial charge in [-0.15, -0.1) is 11.3 Å². The van der Waals surface area contributed by atoms with Gasteiger partial charge < -0.3 is 9.30 Å². The zero-order valence-electron chi connectivity index (χ0n) is 15.4. The van der Waals surface area contributed by atoms with Crippen molar-refractivity contribution in [1.82, 2.24) is 9.55 Å². The highest BCUT2D eigenvalue weighted by Crippen LogP contribution is 2.25. The number of thiazole rings is 1. The predicted molar refractivity (Wildman–Crippen MR) is 106 cm³/mol. The maximum absolute atomic E-state index is 12.3. The van der Waals surface area contributed by atoms with Crippen LogP contribution in [0.5, 0.6) is 0 Å². The number of rotatable bonds is 6. The standard InChI is InChI=1S/C20H21N3O3S/c1-4-14-7-9-15(10-8-14)16-12-27-20(21-16)22-18(24)13(2)26-19(25)17-6-5-11-23(17)3/h5-13H,4H2,1-3H3,(H,21,22,24)/t13-/m0/s1. The summed E-state index contributed by atoms with van der Waals surface area (Å²) in [5, 5.41) is 5.06. The lowest BCUT2D eigenvalue weighted by Crippen LogP contribution is -2.30. The van der Waals surface area contributed by atoms with Gasteiger partial charge in [0.25, 0.3) is 5.91 Å². The van der Waals surface area contributed by atoms with E-state index in [1.165, 1.54) is 23.8 Å². The number of anilines is 1. The Morgan fingerprint density at radius 2 is 2.00 bits per heavy atom. The Morgan fingerprint density at radius 1 is 1.26 bits per heavy atom. The topological polar surface area (TPSA) is 73.2 Å². The molecule has 0 bridgehead atoms. The molecule has 1 amide bonds. The third-order valence-electron chi connectivity index (χ3n) is 4.20. The summed E-state index contributed by atoms with van der Waals surface area (Å²) in [4.78, 5) is 28.8. The van der Waals surface area contributed by atoms with E-state index in [2.05, 4.69) is 29.4 Å². The average Bonchev–Trinajstić information content (AvgIpc) is 3.30. The fraction of sp³-hybridized carbons (Fsp3) is 0.250. The van der Waals surface area contributed by atoms with E-state index in [1.54, 1.807) is 29.9 Å². The molecule has 3 aromatic rings. The van der Waals surface area contributed by atoms with Crippen molar-refractivity contribution in [1.29, 1.82) is 0 Å². The van der Waals surface area contributed by atoms with Crippen LogP contribution in [0.1, 0.15) is 29.9 Å². The van der Waals surface area contributed by atoms with Crippen LogP contribution in [0, 0.1) is 0 Å². The summed E-state index contributed by atoms with van der Waals surface area (Å²) in [6.07, 6.45) is 1.80. The van der Waals surface area contributed by atoms with Crippen molar-refractivity contribution in [3.63, 3.8) is 0 Å². The Balaban J connectivity index is 1.61. The average molecular weight is 383 g/mol. The number of benzene rings is 1. The molecule has 0 saturated heterocycles. The molecule has 0 aliphatic rings. The van der Waals surface area contributed by atoms with E-state index in [4.69, 9.17) is 4.74 Å². The van der Waals surface area contributed by atoms with Crippen molar-refractivity contribution in [2.45, 2.75) is 26.4 Å². The maximum Gasteiger partial charge on any atom is 0.355 e. The molecule has 2 heterocycles. The molecule has 27 heavy (non-hydrogen) atoms. The van der Waals surface area contributed by atoms with Crippen LogP contribution in [0.2, 0.25) is 0 Å². The molecule has 2 aromatic heterocycles. The molecule has 1 N–H and O–H groups in total. The van der Waals surface area contributed by atoms with Gasteiger partial charge in [-0.3, -0.25) is 10.1 Å². The Kier molecular flexibility index (Phi) is 5.71. The van der Waals surface area contributed by atoms with Gasteiger partial charge in [0.05, 0.1) is 5.69 Å². The second-order valence-corrected chi connectivity index (χ2v) is 6.99. The fourth-order valence-corrected chi connectivity index (χ4v) is 3.25. The van der Waals surface area contributed by atoms with E-state index in [0.717, 1.165) is 17.7 Å². The van der Waals surface area contributed by atoms with Crippen LogP contribution >= 0.6 is 11.3 Å². The molecule has 140 valence electrons. The number of aryl methyl sites for hydroxylation is 2. The molecule has 3 rings (SSSR count). The highest BCUT2D eigenvalue weighted by molar-refractivity contribution is 7.14. The van der Waals surface area contributed by atoms with Crippen molar-refractivity contribution in [3.8, 4) is 11.3 Å². The highest BCUT2D eigenvalue weighted by atomic mass is 32.1. The molecular formula is C20H21N3O3S. The normalized spacial score (nSPS) is 11.8. The summed E-state index contributed by atoms with van der Waals surface area (Å²) in [6, 6.07) is 11.6. The Labute approximate surface area is 161 Å². The van der Waals surface area contributed by atoms with E-state index in [1.807, 2.05) is 17.5 Å². The monoisotopic (exact) mass is 383 g/mol. The number of carbonyl (C=O) groups is 2. The number of nitrogens with one attached hydrogen (secondary N) is 1. The molecule has 1 atom stereocenters. The van der Waals surface area contributed by atoms with E-state index in [9.17, 15) is 9.59 Å². The number of nitrogens with zero attached hydrogens (tertiary/aromatic N) is 2. The smallest absolute Gasteiger partial charge is 0.355 e. The largest absolute Gasteiger partial charge is 0.448 e. The molecule has 1 aromatic carbocycles. The molecule has 6 nitrogen and oxygen atoms in total. The number of aromatic nitrogens is 2. The second kappa shape index (κ2) is 8.18. The van der Waals surface area contributed by atoms with Crippen LogP contribution in [0.25, 0.3) is 11.3 Å². The van der Waals surface area contributed by atoms with E-state index >= 15 is 0 Å². The molecule has 0 spiro atoms. The van der Waals surface area contributed by atoms with Crippen molar-refractivity contribution in [2.24, 2.45) is 7.05 Å². The lowest BCUT2D eigenvalue weighted by Gasteiger charge is -2.12. The van der Waals surface area contributed by atoms with E-state index in [0.29, 0.717) is 10.8 Å². The first-order valence-corrected chi connectivity index (χ1v) is 9.54. The molecular weight excluding hydrogens is 362 g/mol. The number of hydrogen-bond donors (Lipinski definition) is 1. The van der Waals surface area contributed by atoms with Crippen LogP contribution < -0.4 is 5.32 Å². The highest BCUT2D eigenvalue weighted by Gasteiger charge is 2.21. The summed E-state index contributed by atoms with van der Waals surface area (Å²) in [5.74, 6) is -0.958. The van der Waals surface area contributed by atoms with Gasteiger partial charge in [-0.1, -0.05) is 31.2 Å². The van der Waals surface area contributed by atoms with Crippen LogP contribution in [0.15, 0.2) is 48.0 Å². The zero-order chi connectivity index (χ0) is 19.4.